The maximum atomic E-state index is 12.2. The molecule has 0 unspecified atom stereocenters. The first-order chi connectivity index (χ1) is 13.2. The van der Waals surface area contributed by atoms with Crippen molar-refractivity contribution < 1.29 is 14.3 Å². The summed E-state index contributed by atoms with van der Waals surface area (Å²) in [5.41, 5.74) is 2.73. The fraction of sp³-hybridized carbons (Fsp3) is 0.364. The molecule has 0 atom stereocenters. The molecule has 142 valence electrons. The Morgan fingerprint density at radius 1 is 1.04 bits per heavy atom. The van der Waals surface area contributed by atoms with Crippen molar-refractivity contribution in [3.8, 4) is 0 Å². The van der Waals surface area contributed by atoms with Crippen molar-refractivity contribution in [2.45, 2.75) is 32.1 Å². The van der Waals surface area contributed by atoms with E-state index in [1.807, 2.05) is 42.5 Å². The van der Waals surface area contributed by atoms with Gasteiger partial charge < -0.3 is 15.0 Å². The minimum atomic E-state index is -0.0549. The van der Waals surface area contributed by atoms with Gasteiger partial charge in [0.05, 0.1) is 18.0 Å². The van der Waals surface area contributed by atoms with Crippen LogP contribution in [0.25, 0.3) is 0 Å². The maximum Gasteiger partial charge on any atom is 0.227 e. The summed E-state index contributed by atoms with van der Waals surface area (Å²) in [6, 6.07) is 17.7. The second-order valence-corrected chi connectivity index (χ2v) is 6.67. The van der Waals surface area contributed by atoms with Gasteiger partial charge in [-0.05, 0) is 37.0 Å². The Balaban J connectivity index is 1.39. The first kappa shape index (κ1) is 19.1. The summed E-state index contributed by atoms with van der Waals surface area (Å²) in [7, 11) is 0. The van der Waals surface area contributed by atoms with Crippen LogP contribution in [0, 0.1) is 0 Å². The summed E-state index contributed by atoms with van der Waals surface area (Å²) in [6.07, 6.45) is 3.38. The average Bonchev–Trinajstić information content (AvgIpc) is 3.11. The summed E-state index contributed by atoms with van der Waals surface area (Å²) in [5.74, 6) is 0.0595. The molecule has 1 heterocycles. The lowest BCUT2D eigenvalue weighted by Gasteiger charge is -2.20. The summed E-state index contributed by atoms with van der Waals surface area (Å²) in [5, 5.41) is 2.94. The molecule has 5 heteroatoms. The van der Waals surface area contributed by atoms with E-state index in [2.05, 4.69) is 17.4 Å². The number of rotatable bonds is 9. The molecule has 2 aromatic rings. The molecule has 3 rings (SSSR count). The third-order valence-electron chi connectivity index (χ3n) is 4.61. The highest BCUT2D eigenvalue weighted by atomic mass is 16.5. The van der Waals surface area contributed by atoms with Crippen LogP contribution in [0.5, 0.6) is 0 Å². The van der Waals surface area contributed by atoms with Crippen molar-refractivity contribution >= 4 is 23.2 Å². The third-order valence-corrected chi connectivity index (χ3v) is 4.61. The Morgan fingerprint density at radius 3 is 2.59 bits per heavy atom. The van der Waals surface area contributed by atoms with E-state index in [0.29, 0.717) is 44.7 Å². The normalized spacial score (nSPS) is 13.8. The lowest BCUT2D eigenvalue weighted by molar-refractivity contribution is -0.117. The Morgan fingerprint density at radius 2 is 1.81 bits per heavy atom. The van der Waals surface area contributed by atoms with Crippen LogP contribution in [-0.2, 0) is 20.7 Å². The van der Waals surface area contributed by atoms with Crippen molar-refractivity contribution in [2.75, 3.05) is 30.0 Å². The number of ether oxygens (including phenoxy) is 1. The quantitative estimate of drug-likeness (QED) is 0.687. The maximum absolute atomic E-state index is 12.2. The molecule has 1 N–H and O–H groups in total. The number of amides is 2. The minimum Gasteiger partial charge on any atom is -0.381 e. The molecule has 1 saturated heterocycles. The molecule has 2 aromatic carbocycles. The van der Waals surface area contributed by atoms with Gasteiger partial charge in [-0.15, -0.1) is 0 Å². The minimum absolute atomic E-state index is 0.0549. The molecule has 5 nitrogen and oxygen atoms in total. The molecular weight excluding hydrogens is 340 g/mol. The van der Waals surface area contributed by atoms with Gasteiger partial charge in [0.1, 0.15) is 0 Å². The van der Waals surface area contributed by atoms with E-state index in [1.165, 1.54) is 5.56 Å². The topological polar surface area (TPSA) is 58.6 Å². The fourth-order valence-electron chi connectivity index (χ4n) is 3.20. The molecule has 0 bridgehead atoms. The molecule has 0 spiro atoms. The molecule has 0 aliphatic carbocycles. The van der Waals surface area contributed by atoms with Crippen LogP contribution in [0.4, 0.5) is 11.4 Å². The molecule has 27 heavy (non-hydrogen) atoms. The van der Waals surface area contributed by atoms with Crippen LogP contribution in [0.15, 0.2) is 54.6 Å². The molecule has 0 radical (unpaired) electrons. The lowest BCUT2D eigenvalue weighted by Crippen LogP contribution is -2.25. The standard InChI is InChI=1S/C22H26N2O3/c25-21(12-7-16-27-17-14-18-8-2-1-3-9-18)23-19-10-4-5-11-20(19)24-15-6-13-22(24)26/h1-5,8-11H,6-7,12-17H2,(H,23,25). The zero-order valence-electron chi connectivity index (χ0n) is 15.5. The molecule has 1 aliphatic rings. The lowest BCUT2D eigenvalue weighted by atomic mass is 10.2. The Hall–Kier alpha value is -2.66. The first-order valence-electron chi connectivity index (χ1n) is 9.55. The van der Waals surface area contributed by atoms with Gasteiger partial charge >= 0.3 is 0 Å². The highest BCUT2D eigenvalue weighted by molar-refractivity contribution is 6.02. The van der Waals surface area contributed by atoms with E-state index in [9.17, 15) is 9.59 Å². The highest BCUT2D eigenvalue weighted by Gasteiger charge is 2.24. The van der Waals surface area contributed by atoms with Gasteiger partial charge in [-0.25, -0.2) is 0 Å². The van der Waals surface area contributed by atoms with Crippen LogP contribution in [0.3, 0.4) is 0 Å². The predicted molar refractivity (Wildman–Crippen MR) is 107 cm³/mol. The van der Waals surface area contributed by atoms with E-state index in [-0.39, 0.29) is 11.8 Å². The van der Waals surface area contributed by atoms with E-state index >= 15 is 0 Å². The molecular formula is C22H26N2O3. The predicted octanol–water partition coefficient (Wildman–Crippen LogP) is 3.79. The van der Waals surface area contributed by atoms with Gasteiger partial charge in [-0.1, -0.05) is 42.5 Å². The molecule has 1 aliphatic heterocycles. The van der Waals surface area contributed by atoms with Gasteiger partial charge in [-0.3, -0.25) is 9.59 Å². The Kier molecular flexibility index (Phi) is 6.99. The van der Waals surface area contributed by atoms with Gasteiger partial charge in [0.2, 0.25) is 11.8 Å². The number of anilines is 2. The van der Waals surface area contributed by atoms with Crippen LogP contribution >= 0.6 is 0 Å². The van der Waals surface area contributed by atoms with Crippen LogP contribution in [0.2, 0.25) is 0 Å². The van der Waals surface area contributed by atoms with Crippen molar-refractivity contribution in [3.63, 3.8) is 0 Å². The largest absolute Gasteiger partial charge is 0.381 e. The van der Waals surface area contributed by atoms with E-state index in [4.69, 9.17) is 4.74 Å². The van der Waals surface area contributed by atoms with Gasteiger partial charge in [0.25, 0.3) is 0 Å². The summed E-state index contributed by atoms with van der Waals surface area (Å²) < 4.78 is 5.62. The smallest absolute Gasteiger partial charge is 0.227 e. The number of nitrogens with zero attached hydrogens (tertiary/aromatic N) is 1. The summed E-state index contributed by atoms with van der Waals surface area (Å²) >= 11 is 0. The average molecular weight is 366 g/mol. The van der Waals surface area contributed by atoms with E-state index in [1.54, 1.807) is 4.90 Å². The Bertz CT molecular complexity index is 761. The zero-order valence-corrected chi connectivity index (χ0v) is 15.5. The number of carbonyl (C=O) groups is 2. The van der Waals surface area contributed by atoms with Crippen LogP contribution in [-0.4, -0.2) is 31.6 Å². The van der Waals surface area contributed by atoms with Crippen molar-refractivity contribution in [2.24, 2.45) is 0 Å². The SMILES string of the molecule is O=C(CCCOCCc1ccccc1)Nc1ccccc1N1CCCC1=O. The van der Waals surface area contributed by atoms with Gasteiger partial charge in [-0.2, -0.15) is 0 Å². The number of nitrogens with one attached hydrogen (secondary N) is 1. The molecule has 1 fully saturated rings. The highest BCUT2D eigenvalue weighted by Crippen LogP contribution is 2.29. The van der Waals surface area contributed by atoms with Gasteiger partial charge in [0, 0.05) is 26.0 Å². The van der Waals surface area contributed by atoms with Crippen LogP contribution < -0.4 is 10.2 Å². The number of hydrogen-bond acceptors (Lipinski definition) is 3. The van der Waals surface area contributed by atoms with E-state index in [0.717, 1.165) is 18.5 Å². The van der Waals surface area contributed by atoms with Crippen LogP contribution in [0.1, 0.15) is 31.2 Å². The monoisotopic (exact) mass is 366 g/mol. The number of benzene rings is 2. The second kappa shape index (κ2) is 9.88. The van der Waals surface area contributed by atoms with Crippen molar-refractivity contribution in [1.82, 2.24) is 0 Å². The third kappa shape index (κ3) is 5.66. The number of hydrogen-bond donors (Lipinski definition) is 1. The van der Waals surface area contributed by atoms with Crippen molar-refractivity contribution in [1.29, 1.82) is 0 Å². The zero-order chi connectivity index (χ0) is 18.9. The fourth-order valence-corrected chi connectivity index (χ4v) is 3.20. The summed E-state index contributed by atoms with van der Waals surface area (Å²) in [4.78, 5) is 26.0. The van der Waals surface area contributed by atoms with E-state index < -0.39 is 0 Å². The molecule has 2 amide bonds. The first-order valence-corrected chi connectivity index (χ1v) is 9.55. The van der Waals surface area contributed by atoms with Crippen molar-refractivity contribution in [3.05, 3.63) is 60.2 Å². The number of carbonyl (C=O) groups excluding carboxylic acids is 2. The van der Waals surface area contributed by atoms with Gasteiger partial charge in [0.15, 0.2) is 0 Å². The number of para-hydroxylation sites is 2. The molecule has 0 saturated carbocycles. The molecule has 0 aromatic heterocycles. The Labute approximate surface area is 160 Å². The summed E-state index contributed by atoms with van der Waals surface area (Å²) in [6.45, 7) is 1.93. The second-order valence-electron chi connectivity index (χ2n) is 6.67.